The van der Waals surface area contributed by atoms with Crippen molar-refractivity contribution in [2.45, 2.75) is 0 Å². The van der Waals surface area contributed by atoms with Gasteiger partial charge >= 0.3 is 0 Å². The molecule has 0 spiro atoms. The van der Waals surface area contributed by atoms with Crippen molar-refractivity contribution in [2.24, 2.45) is 0 Å². The van der Waals surface area contributed by atoms with Crippen molar-refractivity contribution < 1.29 is 0 Å². The van der Waals surface area contributed by atoms with Gasteiger partial charge in [-0.3, -0.25) is 0 Å². The molecule has 0 saturated heterocycles. The molecule has 0 atom stereocenters. The van der Waals surface area contributed by atoms with Gasteiger partial charge in [-0.05, 0) is 167 Å². The maximum atomic E-state index is 10.3. The van der Waals surface area contributed by atoms with E-state index in [0.717, 1.165) is 144 Å². The van der Waals surface area contributed by atoms with Gasteiger partial charge in [0.1, 0.15) is 0 Å². The molecule has 0 radical (unpaired) electrons. The van der Waals surface area contributed by atoms with Crippen LogP contribution in [0, 0.1) is 34.0 Å². The second kappa shape index (κ2) is 37.4. The molecule has 20 nitrogen and oxygen atoms in total. The summed E-state index contributed by atoms with van der Waals surface area (Å²) in [4.78, 5) is 80.5. The summed E-state index contributed by atoms with van der Waals surface area (Å²) in [6.07, 6.45) is 0. The van der Waals surface area contributed by atoms with Gasteiger partial charge in [0, 0.05) is 105 Å². The lowest BCUT2D eigenvalue weighted by molar-refractivity contribution is 1.06. The number of benzene rings is 18. The molecule has 0 saturated carbocycles. The van der Waals surface area contributed by atoms with E-state index in [1.165, 1.54) is 0 Å². The largest absolute Gasteiger partial charge is 0.308 e. The number of nitriles is 3. The van der Waals surface area contributed by atoms with Crippen LogP contribution in [0.2, 0.25) is 0 Å². The average molecular weight is 1870 g/mol. The van der Waals surface area contributed by atoms with Gasteiger partial charge in [-0.2, -0.15) is 15.8 Å². The van der Waals surface area contributed by atoms with E-state index in [4.69, 9.17) is 74.8 Å². The van der Waals surface area contributed by atoms with Crippen LogP contribution < -0.4 is 0 Å². The first-order chi connectivity index (χ1) is 72.1. The van der Waals surface area contributed by atoms with E-state index in [-0.39, 0.29) is 0 Å². The zero-order chi connectivity index (χ0) is 97.5. The maximum absolute atomic E-state index is 10.3. The average Bonchev–Trinajstić information content (AvgIpc) is 1.57. The Hall–Kier alpha value is -20.9. The van der Waals surface area contributed by atoms with E-state index < -0.39 is 0 Å². The first-order valence-electron chi connectivity index (χ1n) is 47.5. The number of fused-ring (bicyclic) bond motifs is 6. The molecule has 0 aliphatic heterocycles. The van der Waals surface area contributed by atoms with Gasteiger partial charge in [0.15, 0.2) is 87.4 Å². The monoisotopic (exact) mass is 1870 g/mol. The summed E-state index contributed by atoms with van der Waals surface area (Å²) in [5.74, 6) is 6.86. The number of hydrogen-bond donors (Lipinski definition) is 0. The minimum Gasteiger partial charge on any atom is -0.308 e. The third-order valence-corrected chi connectivity index (χ3v) is 26.1. The van der Waals surface area contributed by atoms with Gasteiger partial charge in [-0.25, -0.2) is 74.8 Å². The molecule has 25 rings (SSSR count). The highest BCUT2D eigenvalue weighted by atomic mass is 15.1. The number of rotatable bonds is 20. The second-order valence-corrected chi connectivity index (χ2v) is 35.2. The zero-order valence-electron chi connectivity index (χ0n) is 77.7. The van der Waals surface area contributed by atoms with E-state index in [2.05, 4.69) is 137 Å². The van der Waals surface area contributed by atoms with Crippen molar-refractivity contribution in [3.63, 3.8) is 0 Å². The normalized spacial score (nSPS) is 11.3. The van der Waals surface area contributed by atoms with Crippen LogP contribution in [0.4, 0.5) is 0 Å². The van der Waals surface area contributed by atoms with Crippen LogP contribution in [0.15, 0.2) is 449 Å². The van der Waals surface area contributed by atoms with Crippen LogP contribution in [0.25, 0.3) is 259 Å². The Kier molecular flexibility index (Phi) is 22.2. The molecular formula is C126H74N20. The standard InChI is InChI=1S/C126H74N20/c127-75-78-41-47-81(48-42-78)82-53-55-93(56-54-82)120-142-125(100-63-57-94(83-49-43-79(76-128)44-50-83)73-110(100)145-106-65-59-96(121-134-112(85-25-9-1-10-26-85)130-113(135-121)86-27-11-2-12-28-86)69-102(106)103-70-97(60-66-107(103)145)122-136-114(87-29-13-3-14-30-87)131-115(137-122)88-31-15-4-16-32-88)144-126(143-120)101-64-58-95(84-51-45-80(77-129)46-52-84)74-111(101)146-108-67-61-98(123-138-116(89-33-17-5-18-34-89)132-117(139-123)90-35-19-6-20-36-90)71-104(108)105-72-99(62-68-109(105)146)124-140-118(91-37-21-7-22-38-91)133-119(141-124)92-39-23-8-24-40-92/h1-74H. The van der Waals surface area contributed by atoms with Crippen LogP contribution >= 0.6 is 0 Å². The lowest BCUT2D eigenvalue weighted by Crippen LogP contribution is -2.06. The molecule has 18 aromatic carbocycles. The quantitative estimate of drug-likeness (QED) is 0.0685. The summed E-state index contributed by atoms with van der Waals surface area (Å²) < 4.78 is 4.55. The fraction of sp³-hybridized carbons (Fsp3) is 0. The molecule has 7 aromatic heterocycles. The molecule has 20 heteroatoms. The van der Waals surface area contributed by atoms with Crippen molar-refractivity contribution in [1.82, 2.24) is 83.9 Å². The van der Waals surface area contributed by atoms with Crippen molar-refractivity contribution >= 4 is 43.6 Å². The first kappa shape index (κ1) is 86.6. The molecule has 0 aliphatic carbocycles. The Bertz CT molecular complexity index is 8420. The predicted octanol–water partition coefficient (Wildman–Crippen LogP) is 28.4. The van der Waals surface area contributed by atoms with Crippen molar-refractivity contribution in [3.8, 4) is 234 Å². The fourth-order valence-electron chi connectivity index (χ4n) is 18.8. The molecule has 146 heavy (non-hydrogen) atoms. The number of nitrogens with zero attached hydrogens (tertiary/aromatic N) is 20. The molecule has 25 aromatic rings. The van der Waals surface area contributed by atoms with Gasteiger partial charge < -0.3 is 9.13 Å². The lowest BCUT2D eigenvalue weighted by Gasteiger charge is -2.18. The summed E-state index contributed by atoms with van der Waals surface area (Å²) in [5.41, 5.74) is 22.7. The van der Waals surface area contributed by atoms with Gasteiger partial charge in [-0.1, -0.05) is 315 Å². The topological polar surface area (TPSA) is 275 Å². The summed E-state index contributed by atoms with van der Waals surface area (Å²) in [7, 11) is 0. The third-order valence-electron chi connectivity index (χ3n) is 26.1. The molecular weight excluding hydrogens is 1790 g/mol. The van der Waals surface area contributed by atoms with Crippen LogP contribution in [0.5, 0.6) is 0 Å². The maximum Gasteiger partial charge on any atom is 0.166 e. The van der Waals surface area contributed by atoms with Crippen LogP contribution in [-0.2, 0) is 0 Å². The van der Waals surface area contributed by atoms with Crippen molar-refractivity contribution in [2.75, 3.05) is 0 Å². The van der Waals surface area contributed by atoms with E-state index in [0.29, 0.717) is 132 Å². The summed E-state index contributed by atoms with van der Waals surface area (Å²) >= 11 is 0. The number of aromatic nitrogens is 17. The number of hydrogen-bond acceptors (Lipinski definition) is 18. The molecule has 0 amide bonds. The second-order valence-electron chi connectivity index (χ2n) is 35.2. The molecule has 0 fully saturated rings. The smallest absolute Gasteiger partial charge is 0.166 e. The molecule has 7 heterocycles. The van der Waals surface area contributed by atoms with Gasteiger partial charge in [0.2, 0.25) is 0 Å². The van der Waals surface area contributed by atoms with Crippen LogP contribution in [0.1, 0.15) is 16.7 Å². The molecule has 678 valence electrons. The van der Waals surface area contributed by atoms with E-state index >= 15 is 0 Å². The van der Waals surface area contributed by atoms with Crippen molar-refractivity contribution in [1.29, 1.82) is 15.8 Å². The summed E-state index contributed by atoms with van der Waals surface area (Å²) in [6.45, 7) is 0. The Labute approximate surface area is 837 Å². The van der Waals surface area contributed by atoms with Gasteiger partial charge in [0.05, 0.1) is 68.3 Å². The highest BCUT2D eigenvalue weighted by molar-refractivity contribution is 6.14. The lowest BCUT2D eigenvalue weighted by atomic mass is 9.99. The SMILES string of the molecule is N#Cc1ccc(-c2ccc(-c3nc(-c4ccc(-c5ccc(C#N)cc5)cc4-n4c5ccc(-c6nc(-c7ccccc7)nc(-c7ccccc7)n6)cc5c5cc(-c6nc(-c7ccccc7)nc(-c7ccccc7)n6)ccc54)nc(-c4ccc(-c5ccc(C#N)cc5)cc4-n4c5ccc(-c6nc(-c7ccccc7)nc(-c7ccccc7)n6)cc5c5cc(-c6nc(-c7ccccc7)nc(-c7ccccc7)n6)ccc54)n3)cc2)cc1. The van der Waals surface area contributed by atoms with Crippen molar-refractivity contribution in [3.05, 3.63) is 466 Å². The van der Waals surface area contributed by atoms with E-state index in [1.807, 2.05) is 340 Å². The van der Waals surface area contributed by atoms with E-state index in [1.54, 1.807) is 0 Å². The predicted molar refractivity (Wildman–Crippen MR) is 574 cm³/mol. The molecule has 0 aliphatic rings. The molecule has 0 bridgehead atoms. The molecule has 0 N–H and O–H groups in total. The minimum atomic E-state index is 0.313. The van der Waals surface area contributed by atoms with Crippen LogP contribution in [0.3, 0.4) is 0 Å². The Morgan fingerprint density at radius 1 is 0.137 bits per heavy atom. The zero-order valence-corrected chi connectivity index (χ0v) is 77.7. The molecule has 0 unspecified atom stereocenters. The van der Waals surface area contributed by atoms with Crippen LogP contribution in [-0.4, -0.2) is 83.9 Å². The highest BCUT2D eigenvalue weighted by Crippen LogP contribution is 2.46. The minimum absolute atomic E-state index is 0.313. The van der Waals surface area contributed by atoms with Gasteiger partial charge in [-0.15, -0.1) is 0 Å². The Morgan fingerprint density at radius 3 is 0.507 bits per heavy atom. The summed E-state index contributed by atoms with van der Waals surface area (Å²) in [5, 5.41) is 34.0. The Balaban J connectivity index is 0.753. The summed E-state index contributed by atoms with van der Waals surface area (Å²) in [6, 6.07) is 156. The Morgan fingerprint density at radius 2 is 0.295 bits per heavy atom. The van der Waals surface area contributed by atoms with E-state index in [9.17, 15) is 15.8 Å². The fourth-order valence-corrected chi connectivity index (χ4v) is 18.8. The van der Waals surface area contributed by atoms with Gasteiger partial charge in [0.25, 0.3) is 0 Å². The third kappa shape index (κ3) is 16.7. The highest BCUT2D eigenvalue weighted by Gasteiger charge is 2.29. The first-order valence-corrected chi connectivity index (χ1v) is 47.5.